The molecule has 0 fully saturated rings. The molecule has 12 N–H and O–H groups in total. The second-order valence-corrected chi connectivity index (χ2v) is 29.5. The van der Waals surface area contributed by atoms with Crippen LogP contribution in [0.5, 0.6) is 11.5 Å². The van der Waals surface area contributed by atoms with Gasteiger partial charge in [0.05, 0.1) is 81.3 Å². The predicted octanol–water partition coefficient (Wildman–Crippen LogP) is 17.0. The Labute approximate surface area is 610 Å². The third kappa shape index (κ3) is 21.4. The van der Waals surface area contributed by atoms with Crippen molar-refractivity contribution in [3.05, 3.63) is 203 Å². The van der Waals surface area contributed by atoms with E-state index >= 15 is 0 Å². The van der Waals surface area contributed by atoms with E-state index in [9.17, 15) is 67.3 Å². The number of azo groups is 3. The number of phenols is 2. The van der Waals surface area contributed by atoms with Crippen LogP contribution in [-0.2, 0) is 78.0 Å². The molecule has 0 radical (unpaired) electrons. The van der Waals surface area contributed by atoms with Crippen molar-refractivity contribution in [2.75, 3.05) is 17.7 Å². The van der Waals surface area contributed by atoms with Crippen molar-refractivity contribution >= 4 is 186 Å². The molecule has 0 unspecified atom stereocenters. The van der Waals surface area contributed by atoms with Gasteiger partial charge >= 0.3 is 0 Å². The smallest absolute Gasteiger partial charge is 0.296 e. The Morgan fingerprint density at radius 1 is 0.429 bits per heavy atom. The minimum atomic E-state index is -5.01. The fourth-order valence-electron chi connectivity index (χ4n) is 9.50. The lowest BCUT2D eigenvalue weighted by Gasteiger charge is -2.12. The van der Waals surface area contributed by atoms with Gasteiger partial charge in [-0.05, 0) is 172 Å². The van der Waals surface area contributed by atoms with Crippen LogP contribution in [0.4, 0.5) is 51.2 Å². The van der Waals surface area contributed by atoms with E-state index in [1.54, 1.807) is 85.8 Å². The average molecular weight is 1600 g/mol. The molecule has 105 heavy (non-hydrogen) atoms. The van der Waals surface area contributed by atoms with Crippen molar-refractivity contribution in [3.8, 4) is 11.5 Å². The molecule has 0 heterocycles. The van der Waals surface area contributed by atoms with E-state index in [0.29, 0.717) is 101 Å². The number of hydrogen-bond acceptors (Lipinski definition) is 34. The number of aryl methyl sites for hydroxylation is 1. The summed E-state index contributed by atoms with van der Waals surface area (Å²) >= 11 is 2.37. The Balaban J connectivity index is 0.000000244. The highest BCUT2D eigenvalue weighted by atomic mass is 32.2. The standard InChI is InChI=1S/C31H25N5O14S4.C31H25N3O13S4/c1-32-36(38)24-11-8-18(27(17-24)52-50-48-40)5-6-19-7-9-23(16-28(19)53(41,42)43)34-35-30-29(54(44,45)46)14-20-13-22(10-12-26(20)31(30)37)33-21-3-2-4-25(15-21)51-49-47-39;1-18-5-6-20(29(13-18)51(41,42)43)8-7-19-9-10-24(17-27(19)48-46-44-36)33-34-30-28(49-47-45-37)15-21-14-23(11-12-26(21)31(30)35)32-22-3-2-4-25(16-22)50(38,39)40/h2-17,33,37,39-40H,1H3,(H,41,42,43)(H,44,45,46);2-17,32,35-37H,1H3,(H,38,39,40)(H,41,42,43)/b6-5+,35-34?,36-32?;8-7+,34-33?. The zero-order valence-corrected chi connectivity index (χ0v) is 59.4. The molecule has 0 saturated carbocycles. The van der Waals surface area contributed by atoms with Crippen LogP contribution in [0.3, 0.4) is 0 Å². The summed E-state index contributed by atoms with van der Waals surface area (Å²) in [6.45, 7) is 1.68. The van der Waals surface area contributed by atoms with Gasteiger partial charge in [0.1, 0.15) is 26.1 Å². The summed E-state index contributed by atoms with van der Waals surface area (Å²) in [7, 11) is -17.6. The van der Waals surface area contributed by atoms with Crippen molar-refractivity contribution in [2.45, 2.75) is 46.1 Å². The average Bonchev–Trinajstić information content (AvgIpc) is 0.774. The van der Waals surface area contributed by atoms with Gasteiger partial charge in [-0.25, -0.2) is 21.0 Å². The topological polar surface area (TPSA) is 525 Å². The number of fused-ring (bicyclic) bond motifs is 2. The number of nitrogens with zero attached hydrogens (tertiary/aromatic N) is 6. The molecule has 0 amide bonds. The Hall–Kier alpha value is -9.44. The molecular weight excluding hydrogens is 1550 g/mol. The number of rotatable bonds is 29. The quantitative estimate of drug-likeness (QED) is 0.00394. The first-order chi connectivity index (χ1) is 50.0. The molecule has 0 aliphatic carbocycles. The normalized spacial score (nSPS) is 12.5. The summed E-state index contributed by atoms with van der Waals surface area (Å²) in [5, 5.41) is 110. The number of aromatic hydroxyl groups is 2. The van der Waals surface area contributed by atoms with Crippen LogP contribution >= 0.6 is 48.2 Å². The number of benzene rings is 10. The first kappa shape index (κ1) is 79.7. The van der Waals surface area contributed by atoms with Gasteiger partial charge in [0, 0.05) is 55.4 Å². The largest absolute Gasteiger partial charge is 0.594 e. The molecule has 10 rings (SSSR count). The van der Waals surface area contributed by atoms with Crippen molar-refractivity contribution in [1.82, 2.24) is 0 Å². The van der Waals surface area contributed by atoms with Crippen LogP contribution in [0.1, 0.15) is 27.8 Å². The minimum absolute atomic E-state index is 0.0422. The van der Waals surface area contributed by atoms with E-state index in [2.05, 4.69) is 73.7 Å². The van der Waals surface area contributed by atoms with Crippen LogP contribution in [0.2, 0.25) is 0 Å². The fraction of sp³-hybridized carbons (Fsp3) is 0.0323. The van der Waals surface area contributed by atoms with E-state index in [0.717, 1.165) is 24.2 Å². The summed E-state index contributed by atoms with van der Waals surface area (Å²) in [6, 6.07) is 41.0. The Morgan fingerprint density at radius 3 is 1.45 bits per heavy atom. The van der Waals surface area contributed by atoms with Crippen LogP contribution < -0.4 is 10.6 Å². The van der Waals surface area contributed by atoms with Gasteiger partial charge in [-0.15, -0.1) is 27.6 Å². The first-order valence-electron chi connectivity index (χ1n) is 28.6. The summed E-state index contributed by atoms with van der Waals surface area (Å²) in [4.78, 5) is -0.435. The summed E-state index contributed by atoms with van der Waals surface area (Å²) in [5.74, 6) is -0.994. The molecular formula is C62H50N8O27S8. The highest BCUT2D eigenvalue weighted by molar-refractivity contribution is 7.95. The van der Waals surface area contributed by atoms with Gasteiger partial charge in [-0.1, -0.05) is 85.7 Å². The third-order valence-corrected chi connectivity index (χ3v) is 20.1. The number of hydrogen-bond donors (Lipinski definition) is 12. The Bertz CT molecular complexity index is 5570. The Morgan fingerprint density at radius 2 is 0.886 bits per heavy atom. The zero-order valence-electron chi connectivity index (χ0n) is 52.8. The molecule has 43 heteroatoms. The van der Waals surface area contributed by atoms with Crippen molar-refractivity contribution in [2.24, 2.45) is 25.6 Å². The van der Waals surface area contributed by atoms with Gasteiger partial charge < -0.3 is 26.1 Å². The lowest BCUT2D eigenvalue weighted by Crippen LogP contribution is -2.01. The monoisotopic (exact) mass is 1590 g/mol. The van der Waals surface area contributed by atoms with E-state index in [4.69, 9.17) is 21.0 Å². The van der Waals surface area contributed by atoms with Crippen molar-refractivity contribution < 1.29 is 125 Å². The van der Waals surface area contributed by atoms with Crippen molar-refractivity contribution in [3.63, 3.8) is 0 Å². The molecule has 0 saturated heterocycles. The number of phenolic OH excluding ortho intramolecular Hbond substituents is 2. The fourth-order valence-corrected chi connectivity index (χ4v) is 14.1. The van der Waals surface area contributed by atoms with E-state index in [1.807, 2.05) is 0 Å². The third-order valence-electron chi connectivity index (χ3n) is 14.1. The SMILES string of the molecule is CN=[N+]([O-])c1ccc(/C=C/c2ccc(N=Nc3c(S(=O)(=O)O)cc4cc(Nc5cccc(SOOO)c5)ccc4c3O)cc2S(=O)(=O)O)c(SOOO)c1.Cc1ccc(/C=C/c2ccc(N=Nc3c(SOOO)cc4cc(Nc5cccc(S(=O)(=O)O)c5)ccc4c3O)cc2SOOO)c(S(=O)(=O)O)c1. The molecule has 0 aliphatic heterocycles. The zero-order chi connectivity index (χ0) is 75.8. The molecule has 0 spiro atoms. The first-order valence-corrected chi connectivity index (χ1v) is 37.3. The van der Waals surface area contributed by atoms with Gasteiger partial charge in [0.15, 0.2) is 11.5 Å². The van der Waals surface area contributed by atoms with Crippen LogP contribution in [-0.4, -0.2) is 95.0 Å². The van der Waals surface area contributed by atoms with Crippen molar-refractivity contribution in [1.29, 1.82) is 0 Å². The highest BCUT2D eigenvalue weighted by Gasteiger charge is 2.24. The predicted molar refractivity (Wildman–Crippen MR) is 381 cm³/mol. The number of nitrogens with one attached hydrogen (secondary N) is 2. The maximum absolute atomic E-state index is 12.4. The van der Waals surface area contributed by atoms with Gasteiger partial charge in [-0.2, -0.15) is 43.9 Å². The van der Waals surface area contributed by atoms with Crippen LogP contribution in [0.15, 0.2) is 235 Å². The van der Waals surface area contributed by atoms with Crippen LogP contribution in [0.25, 0.3) is 45.8 Å². The molecule has 0 atom stereocenters. The molecule has 0 aliphatic rings. The second-order valence-electron chi connectivity index (χ2n) is 20.9. The number of anilines is 4. The lowest BCUT2D eigenvalue weighted by atomic mass is 10.1. The van der Waals surface area contributed by atoms with E-state index in [1.165, 1.54) is 110 Å². The molecule has 0 bridgehead atoms. The van der Waals surface area contributed by atoms with Gasteiger partial charge in [0.25, 0.3) is 40.5 Å². The van der Waals surface area contributed by atoms with Gasteiger partial charge in [0.2, 0.25) is 5.69 Å². The van der Waals surface area contributed by atoms with E-state index in [-0.39, 0.29) is 70.0 Å². The maximum Gasteiger partial charge on any atom is 0.296 e. The molecule has 10 aromatic rings. The van der Waals surface area contributed by atoms with Crippen LogP contribution in [0, 0.1) is 12.1 Å². The van der Waals surface area contributed by atoms with Gasteiger partial charge in [-0.3, -0.25) is 18.2 Å². The Kier molecular flexibility index (Phi) is 27.0. The molecule has 548 valence electrons. The molecule has 35 nitrogen and oxygen atoms in total. The molecule has 0 aromatic heterocycles. The molecule has 10 aromatic carbocycles. The minimum Gasteiger partial charge on any atom is -0.594 e. The summed E-state index contributed by atoms with van der Waals surface area (Å²) < 4.78 is 154. The van der Waals surface area contributed by atoms with E-state index < -0.39 is 61.7 Å². The maximum atomic E-state index is 12.4. The highest BCUT2D eigenvalue weighted by Crippen LogP contribution is 2.46. The lowest BCUT2D eigenvalue weighted by molar-refractivity contribution is -0.440. The summed E-state index contributed by atoms with van der Waals surface area (Å²) in [5.41, 5.74) is 2.87. The second kappa shape index (κ2) is 35.6. The summed E-state index contributed by atoms with van der Waals surface area (Å²) in [6.07, 6.45) is 5.70.